The Morgan fingerprint density at radius 3 is 2.39 bits per heavy atom. The molecule has 3 aromatic carbocycles. The van der Waals surface area contributed by atoms with Crippen molar-refractivity contribution in [2.24, 2.45) is 0 Å². The van der Waals surface area contributed by atoms with Crippen LogP contribution in [0.3, 0.4) is 0 Å². The Kier molecular flexibility index (Phi) is 7.66. The number of carbonyl (C=O) groups excluding carboxylic acids is 1. The lowest BCUT2D eigenvalue weighted by atomic mass is 10.0. The Bertz CT molecular complexity index is 1620. The van der Waals surface area contributed by atoms with E-state index in [-0.39, 0.29) is 10.5 Å². The number of nitrogens with zero attached hydrogens (tertiary/aromatic N) is 2. The Morgan fingerprint density at radius 1 is 1.08 bits per heavy atom. The molecule has 0 aliphatic heterocycles. The van der Waals surface area contributed by atoms with Crippen LogP contribution < -0.4 is 4.72 Å². The van der Waals surface area contributed by atoms with Gasteiger partial charge in [0.25, 0.3) is 15.9 Å². The van der Waals surface area contributed by atoms with Gasteiger partial charge in [-0.15, -0.1) is 0 Å². The minimum absolute atomic E-state index is 0.0794. The third-order valence-corrected chi connectivity index (χ3v) is 7.65. The number of fused-ring (bicyclic) bond motifs is 1. The van der Waals surface area contributed by atoms with Crippen molar-refractivity contribution in [1.29, 1.82) is 0 Å². The van der Waals surface area contributed by atoms with E-state index in [1.807, 2.05) is 28.3 Å². The van der Waals surface area contributed by atoms with Crippen molar-refractivity contribution >= 4 is 32.9 Å². The number of aromatic nitrogens is 2. The van der Waals surface area contributed by atoms with Crippen LogP contribution in [0.5, 0.6) is 0 Å². The van der Waals surface area contributed by atoms with Crippen molar-refractivity contribution in [1.82, 2.24) is 14.3 Å². The molecule has 0 bridgehead atoms. The van der Waals surface area contributed by atoms with Gasteiger partial charge in [-0.05, 0) is 55.2 Å². The molecule has 198 valence electrons. The predicted molar refractivity (Wildman–Crippen MR) is 143 cm³/mol. The summed E-state index contributed by atoms with van der Waals surface area (Å²) in [6, 6.07) is 16.9. The Morgan fingerprint density at radius 2 is 1.76 bits per heavy atom. The second kappa shape index (κ2) is 10.8. The van der Waals surface area contributed by atoms with Crippen LogP contribution in [-0.4, -0.2) is 46.2 Å². The number of sulfonamides is 1. The summed E-state index contributed by atoms with van der Waals surface area (Å²) in [7, 11) is -4.21. The lowest BCUT2D eigenvalue weighted by Gasteiger charge is -2.14. The highest BCUT2D eigenvalue weighted by Gasteiger charge is 2.23. The summed E-state index contributed by atoms with van der Waals surface area (Å²) < 4.78 is 29.6. The molecule has 0 aliphatic carbocycles. The lowest BCUT2D eigenvalue weighted by molar-refractivity contribution is -0.126. The number of benzene rings is 3. The minimum Gasteiger partial charge on any atom is -0.478 e. The zero-order chi connectivity index (χ0) is 27.6. The minimum atomic E-state index is -4.21. The number of aryl methyl sites for hydroxylation is 2. The molecule has 1 aromatic heterocycles. The molecular weight excluding hydrogens is 506 g/mol. The summed E-state index contributed by atoms with van der Waals surface area (Å²) in [4.78, 5) is 28.2. The normalized spacial score (nSPS) is 12.4. The number of hydrogen-bond acceptors (Lipinski definition) is 6. The molecule has 0 spiro atoms. The molecule has 1 heterocycles. The highest BCUT2D eigenvalue weighted by molar-refractivity contribution is 7.90. The molecule has 0 fully saturated rings. The molecule has 4 rings (SSSR count). The predicted octanol–water partition coefficient (Wildman–Crippen LogP) is 3.90. The average Bonchev–Trinajstić information content (AvgIpc) is 3.22. The summed E-state index contributed by atoms with van der Waals surface area (Å²) in [6.45, 7) is 5.56. The van der Waals surface area contributed by atoms with Crippen LogP contribution >= 0.6 is 0 Å². The monoisotopic (exact) mass is 535 g/mol. The lowest BCUT2D eigenvalue weighted by Crippen LogP contribution is -2.37. The van der Waals surface area contributed by atoms with Gasteiger partial charge in [0.1, 0.15) is 11.9 Å². The maximum absolute atomic E-state index is 12.9. The van der Waals surface area contributed by atoms with E-state index in [0.29, 0.717) is 17.7 Å². The van der Waals surface area contributed by atoms with Crippen LogP contribution in [0.1, 0.15) is 47.6 Å². The molecule has 9 nitrogen and oxygen atoms in total. The molecule has 1 unspecified atom stereocenters. The maximum atomic E-state index is 12.9. The third kappa shape index (κ3) is 5.46. The number of hydrogen-bond donors (Lipinski definition) is 3. The van der Waals surface area contributed by atoms with Crippen molar-refractivity contribution in [3.63, 3.8) is 0 Å². The van der Waals surface area contributed by atoms with Gasteiger partial charge in [0.15, 0.2) is 0 Å². The third-order valence-electron chi connectivity index (χ3n) is 6.24. The van der Waals surface area contributed by atoms with Gasteiger partial charge >= 0.3 is 5.97 Å². The molecule has 0 saturated carbocycles. The number of carbonyl (C=O) groups is 2. The summed E-state index contributed by atoms with van der Waals surface area (Å²) in [6.07, 6.45) is 0.144. The van der Waals surface area contributed by atoms with Crippen LogP contribution in [-0.2, 0) is 27.8 Å². The topological polar surface area (TPSA) is 139 Å². The van der Waals surface area contributed by atoms with Gasteiger partial charge in [-0.3, -0.25) is 4.79 Å². The SMILES string of the molecule is CCCc1nc2c(C)cc(C(=O)O)cc2n1Cc1ccc(-c2ccccc2S(=O)(=O)NC(=O)C(C)O)cc1. The van der Waals surface area contributed by atoms with E-state index < -0.39 is 28.0 Å². The van der Waals surface area contributed by atoms with Gasteiger partial charge in [-0.1, -0.05) is 49.4 Å². The van der Waals surface area contributed by atoms with E-state index in [1.54, 1.807) is 42.5 Å². The number of aromatic carboxylic acids is 1. The smallest absolute Gasteiger partial charge is 0.335 e. The number of amides is 1. The fourth-order valence-corrected chi connectivity index (χ4v) is 5.62. The number of carboxylic acid groups (broad SMARTS) is 1. The molecule has 10 heteroatoms. The van der Waals surface area contributed by atoms with Crippen molar-refractivity contribution in [3.8, 4) is 11.1 Å². The van der Waals surface area contributed by atoms with E-state index in [9.17, 15) is 28.2 Å². The summed E-state index contributed by atoms with van der Waals surface area (Å²) in [5.74, 6) is -1.14. The first-order valence-corrected chi connectivity index (χ1v) is 13.7. The fraction of sp³-hybridized carbons (Fsp3) is 0.250. The first kappa shape index (κ1) is 27.0. The molecule has 3 N–H and O–H groups in total. The Balaban J connectivity index is 1.70. The highest BCUT2D eigenvalue weighted by atomic mass is 32.2. The number of imidazole rings is 1. The number of rotatable bonds is 9. The molecule has 4 aromatic rings. The summed E-state index contributed by atoms with van der Waals surface area (Å²) in [5, 5.41) is 19.0. The van der Waals surface area contributed by atoms with E-state index >= 15 is 0 Å². The Hall–Kier alpha value is -4.02. The number of aliphatic hydroxyl groups is 1. The zero-order valence-electron chi connectivity index (χ0n) is 21.3. The molecule has 38 heavy (non-hydrogen) atoms. The van der Waals surface area contributed by atoms with Gasteiger partial charge in [-0.25, -0.2) is 22.9 Å². The maximum Gasteiger partial charge on any atom is 0.335 e. The van der Waals surface area contributed by atoms with Crippen LogP contribution in [0.4, 0.5) is 0 Å². The molecule has 0 aliphatic rings. The molecule has 1 atom stereocenters. The van der Waals surface area contributed by atoms with Gasteiger partial charge in [-0.2, -0.15) is 0 Å². The molecule has 1 amide bonds. The highest BCUT2D eigenvalue weighted by Crippen LogP contribution is 2.29. The van der Waals surface area contributed by atoms with Crippen LogP contribution in [0.15, 0.2) is 65.6 Å². The summed E-state index contributed by atoms with van der Waals surface area (Å²) in [5.41, 5.74) is 4.49. The second-order valence-electron chi connectivity index (χ2n) is 9.17. The van der Waals surface area contributed by atoms with Crippen LogP contribution in [0.25, 0.3) is 22.2 Å². The number of nitrogens with one attached hydrogen (secondary N) is 1. The number of aliphatic hydroxyl groups excluding tert-OH is 1. The molecule has 0 radical (unpaired) electrons. The van der Waals surface area contributed by atoms with Crippen molar-refractivity contribution < 1.29 is 28.2 Å². The van der Waals surface area contributed by atoms with Gasteiger partial charge in [0, 0.05) is 18.5 Å². The van der Waals surface area contributed by atoms with Gasteiger partial charge in [0.05, 0.1) is 21.5 Å². The largest absolute Gasteiger partial charge is 0.478 e. The van der Waals surface area contributed by atoms with Crippen molar-refractivity contribution in [3.05, 3.63) is 83.2 Å². The fourth-order valence-electron chi connectivity index (χ4n) is 4.34. The first-order chi connectivity index (χ1) is 18.0. The van der Waals surface area contributed by atoms with E-state index in [0.717, 1.165) is 40.8 Å². The first-order valence-electron chi connectivity index (χ1n) is 12.2. The van der Waals surface area contributed by atoms with Gasteiger partial charge in [0.2, 0.25) is 0 Å². The zero-order valence-corrected chi connectivity index (χ0v) is 22.1. The van der Waals surface area contributed by atoms with Gasteiger partial charge < -0.3 is 14.8 Å². The molecular formula is C28H29N3O6S. The standard InChI is InChI=1S/C28H29N3O6S/c1-4-7-25-29-26-17(2)14-21(28(34)35)15-23(26)31(25)16-19-10-12-20(13-11-19)22-8-5-6-9-24(22)38(36,37)30-27(33)18(3)32/h5-6,8-15,18,32H,4,7,16H2,1-3H3,(H,30,33)(H,34,35). The van der Waals surface area contributed by atoms with E-state index in [2.05, 4.69) is 6.92 Å². The van der Waals surface area contributed by atoms with Crippen LogP contribution in [0.2, 0.25) is 0 Å². The second-order valence-corrected chi connectivity index (χ2v) is 10.8. The quantitative estimate of drug-likeness (QED) is 0.295. The molecule has 0 saturated heterocycles. The van der Waals surface area contributed by atoms with E-state index in [1.165, 1.54) is 13.0 Å². The Labute approximate surface area is 220 Å². The average molecular weight is 536 g/mol. The van der Waals surface area contributed by atoms with Crippen molar-refractivity contribution in [2.45, 2.75) is 51.2 Å². The number of carboxylic acids is 1. The van der Waals surface area contributed by atoms with E-state index in [4.69, 9.17) is 4.98 Å². The van der Waals surface area contributed by atoms with Crippen molar-refractivity contribution in [2.75, 3.05) is 0 Å². The van der Waals surface area contributed by atoms with Crippen LogP contribution in [0, 0.1) is 6.92 Å². The summed E-state index contributed by atoms with van der Waals surface area (Å²) >= 11 is 0.